The minimum atomic E-state index is -0.815. The van der Waals surface area contributed by atoms with Gasteiger partial charge in [-0.1, -0.05) is 30.3 Å². The van der Waals surface area contributed by atoms with Gasteiger partial charge in [0.15, 0.2) is 11.6 Å². The van der Waals surface area contributed by atoms with Crippen LogP contribution in [0.4, 0.5) is 14.5 Å². The van der Waals surface area contributed by atoms with Crippen LogP contribution in [-0.4, -0.2) is 23.9 Å². The smallest absolute Gasteiger partial charge is 0.227 e. The van der Waals surface area contributed by atoms with Crippen LogP contribution in [0.15, 0.2) is 48.5 Å². The lowest BCUT2D eigenvalue weighted by atomic mass is 9.95. The second-order valence-electron chi connectivity index (χ2n) is 6.12. The fourth-order valence-corrected chi connectivity index (χ4v) is 3.03. The van der Waals surface area contributed by atoms with E-state index in [9.17, 15) is 13.6 Å². The molecule has 0 bridgehead atoms. The molecule has 0 atom stereocenters. The van der Waals surface area contributed by atoms with Crippen molar-refractivity contribution in [1.29, 1.82) is 0 Å². The van der Waals surface area contributed by atoms with E-state index in [4.69, 9.17) is 0 Å². The topological polar surface area (TPSA) is 32.3 Å². The van der Waals surface area contributed by atoms with Crippen molar-refractivity contribution in [2.75, 3.05) is 18.4 Å². The van der Waals surface area contributed by atoms with Crippen molar-refractivity contribution in [1.82, 2.24) is 4.90 Å². The van der Waals surface area contributed by atoms with E-state index in [-0.39, 0.29) is 11.8 Å². The number of halogens is 2. The van der Waals surface area contributed by atoms with E-state index in [0.29, 0.717) is 25.2 Å². The number of hydrogen-bond acceptors (Lipinski definition) is 2. The number of likely N-dealkylation sites (tertiary alicyclic amines) is 1. The molecule has 1 N–H and O–H groups in total. The van der Waals surface area contributed by atoms with Crippen molar-refractivity contribution in [2.24, 2.45) is 5.92 Å². The molecule has 1 heterocycles. The second kappa shape index (κ2) is 7.53. The van der Waals surface area contributed by atoms with Crippen LogP contribution < -0.4 is 5.32 Å². The zero-order valence-corrected chi connectivity index (χ0v) is 13.3. The van der Waals surface area contributed by atoms with Crippen LogP contribution in [0.25, 0.3) is 0 Å². The molecule has 1 fully saturated rings. The first kappa shape index (κ1) is 16.6. The molecule has 0 radical (unpaired) electrons. The molecule has 3 rings (SSSR count). The molecule has 1 aliphatic heterocycles. The highest BCUT2D eigenvalue weighted by atomic mass is 19.2. The van der Waals surface area contributed by atoms with Gasteiger partial charge in [-0.15, -0.1) is 0 Å². The van der Waals surface area contributed by atoms with Crippen LogP contribution in [-0.2, 0) is 11.3 Å². The van der Waals surface area contributed by atoms with Crippen molar-refractivity contribution in [2.45, 2.75) is 19.4 Å². The Morgan fingerprint density at radius 3 is 2.46 bits per heavy atom. The molecule has 0 aliphatic carbocycles. The Hall–Kier alpha value is -2.27. The molecule has 2 aromatic carbocycles. The van der Waals surface area contributed by atoms with E-state index in [2.05, 4.69) is 10.2 Å². The number of anilines is 1. The van der Waals surface area contributed by atoms with Crippen LogP contribution in [0.2, 0.25) is 0 Å². The number of nitrogens with zero attached hydrogens (tertiary/aromatic N) is 1. The molecule has 5 heteroatoms. The molecular formula is C19H20F2N2O. The highest BCUT2D eigenvalue weighted by Gasteiger charge is 2.25. The van der Waals surface area contributed by atoms with E-state index < -0.39 is 11.6 Å². The third-order valence-electron chi connectivity index (χ3n) is 4.43. The van der Waals surface area contributed by atoms with Gasteiger partial charge in [0.2, 0.25) is 5.91 Å². The summed E-state index contributed by atoms with van der Waals surface area (Å²) in [4.78, 5) is 14.4. The van der Waals surface area contributed by atoms with E-state index in [1.807, 2.05) is 30.3 Å². The summed E-state index contributed by atoms with van der Waals surface area (Å²) >= 11 is 0. The summed E-state index contributed by atoms with van der Waals surface area (Å²) in [7, 11) is 0. The molecule has 1 saturated heterocycles. The number of rotatable bonds is 4. The van der Waals surface area contributed by atoms with Crippen molar-refractivity contribution >= 4 is 11.6 Å². The Labute approximate surface area is 140 Å². The average molecular weight is 330 g/mol. The van der Waals surface area contributed by atoms with Crippen LogP contribution in [0, 0.1) is 17.6 Å². The normalized spacial score (nSPS) is 16.1. The molecule has 0 unspecified atom stereocenters. The maximum absolute atomic E-state index is 13.7. The summed E-state index contributed by atoms with van der Waals surface area (Å²) < 4.78 is 27.0. The molecule has 126 valence electrons. The zero-order valence-electron chi connectivity index (χ0n) is 13.3. The van der Waals surface area contributed by atoms with Crippen molar-refractivity contribution in [3.05, 3.63) is 65.7 Å². The van der Waals surface area contributed by atoms with Crippen LogP contribution in [0.5, 0.6) is 0 Å². The minimum absolute atomic E-state index is 0.0257. The number of carbonyl (C=O) groups excluding carboxylic acids is 1. The molecule has 2 aromatic rings. The Bertz CT molecular complexity index is 698. The Kier molecular flexibility index (Phi) is 5.20. The molecule has 1 amide bonds. The molecule has 0 aromatic heterocycles. The van der Waals surface area contributed by atoms with Gasteiger partial charge >= 0.3 is 0 Å². The van der Waals surface area contributed by atoms with Crippen molar-refractivity contribution < 1.29 is 13.6 Å². The lowest BCUT2D eigenvalue weighted by Crippen LogP contribution is -2.38. The average Bonchev–Trinajstić information content (AvgIpc) is 2.60. The van der Waals surface area contributed by atoms with Gasteiger partial charge in [-0.3, -0.25) is 9.69 Å². The van der Waals surface area contributed by atoms with E-state index in [1.54, 1.807) is 6.07 Å². The SMILES string of the molecule is O=C(Nc1ccccc1)C1CCN(Cc2cccc(F)c2F)CC1. The van der Waals surface area contributed by atoms with Crippen LogP contribution in [0.3, 0.4) is 0 Å². The van der Waals surface area contributed by atoms with Gasteiger partial charge in [0, 0.05) is 23.7 Å². The minimum Gasteiger partial charge on any atom is -0.326 e. The third kappa shape index (κ3) is 3.97. The molecule has 0 spiro atoms. The van der Waals surface area contributed by atoms with E-state index in [0.717, 1.165) is 24.6 Å². The summed E-state index contributed by atoms with van der Waals surface area (Å²) in [5, 5.41) is 2.93. The van der Waals surface area contributed by atoms with Crippen LogP contribution in [0.1, 0.15) is 18.4 Å². The number of piperidine rings is 1. The summed E-state index contributed by atoms with van der Waals surface area (Å²) in [6.45, 7) is 1.77. The van der Waals surface area contributed by atoms with Gasteiger partial charge in [-0.05, 0) is 44.1 Å². The quantitative estimate of drug-likeness (QED) is 0.924. The van der Waals surface area contributed by atoms with Crippen molar-refractivity contribution in [3.8, 4) is 0 Å². The summed E-state index contributed by atoms with van der Waals surface area (Å²) in [5.41, 5.74) is 1.16. The van der Waals surface area contributed by atoms with Gasteiger partial charge in [-0.25, -0.2) is 8.78 Å². The first-order valence-electron chi connectivity index (χ1n) is 8.14. The number of amides is 1. The predicted octanol–water partition coefficient (Wildman–Crippen LogP) is 3.82. The molecule has 1 aliphatic rings. The molecular weight excluding hydrogens is 310 g/mol. The Balaban J connectivity index is 1.52. The highest BCUT2D eigenvalue weighted by Crippen LogP contribution is 2.22. The standard InChI is InChI=1S/C19H20F2N2O/c20-17-8-4-5-15(18(17)21)13-23-11-9-14(10-12-23)19(24)22-16-6-2-1-3-7-16/h1-8,14H,9-13H2,(H,22,24). The van der Waals surface area contributed by atoms with Crippen LogP contribution >= 0.6 is 0 Å². The monoisotopic (exact) mass is 330 g/mol. The maximum atomic E-state index is 13.7. The van der Waals surface area contributed by atoms with Crippen molar-refractivity contribution in [3.63, 3.8) is 0 Å². The number of carbonyl (C=O) groups is 1. The first-order valence-corrected chi connectivity index (χ1v) is 8.14. The Morgan fingerprint density at radius 2 is 1.75 bits per heavy atom. The number of hydrogen-bond donors (Lipinski definition) is 1. The van der Waals surface area contributed by atoms with Gasteiger partial charge < -0.3 is 5.32 Å². The second-order valence-corrected chi connectivity index (χ2v) is 6.12. The first-order chi connectivity index (χ1) is 11.6. The molecule has 3 nitrogen and oxygen atoms in total. The highest BCUT2D eigenvalue weighted by molar-refractivity contribution is 5.92. The number of benzene rings is 2. The largest absolute Gasteiger partial charge is 0.326 e. The fraction of sp³-hybridized carbons (Fsp3) is 0.316. The van der Waals surface area contributed by atoms with Gasteiger partial charge in [-0.2, -0.15) is 0 Å². The fourth-order valence-electron chi connectivity index (χ4n) is 3.03. The van der Waals surface area contributed by atoms with Gasteiger partial charge in [0.25, 0.3) is 0 Å². The lowest BCUT2D eigenvalue weighted by Gasteiger charge is -2.31. The van der Waals surface area contributed by atoms with E-state index in [1.165, 1.54) is 6.07 Å². The lowest BCUT2D eigenvalue weighted by molar-refractivity contribution is -0.121. The maximum Gasteiger partial charge on any atom is 0.227 e. The third-order valence-corrected chi connectivity index (χ3v) is 4.43. The molecule has 0 saturated carbocycles. The summed E-state index contributed by atoms with van der Waals surface area (Å²) in [6, 6.07) is 13.6. The predicted molar refractivity (Wildman–Crippen MR) is 89.4 cm³/mol. The zero-order chi connectivity index (χ0) is 16.9. The van der Waals surface area contributed by atoms with Gasteiger partial charge in [0.1, 0.15) is 0 Å². The van der Waals surface area contributed by atoms with E-state index >= 15 is 0 Å². The summed E-state index contributed by atoms with van der Waals surface area (Å²) in [6.07, 6.45) is 1.44. The number of para-hydroxylation sites is 1. The summed E-state index contributed by atoms with van der Waals surface area (Å²) in [5.74, 6) is -1.61. The Morgan fingerprint density at radius 1 is 1.04 bits per heavy atom. The number of nitrogens with one attached hydrogen (secondary N) is 1. The molecule has 24 heavy (non-hydrogen) atoms. The van der Waals surface area contributed by atoms with Gasteiger partial charge in [0.05, 0.1) is 0 Å².